The van der Waals surface area contributed by atoms with Crippen LogP contribution in [0.5, 0.6) is 0 Å². The molecule has 0 radical (unpaired) electrons. The van der Waals surface area contributed by atoms with Crippen molar-refractivity contribution < 1.29 is 14.7 Å². The zero-order chi connectivity index (χ0) is 15.6. The fraction of sp³-hybridized carbons (Fsp3) is 0.0667. The third-order valence-corrected chi connectivity index (χ3v) is 3.36. The van der Waals surface area contributed by atoms with Gasteiger partial charge in [-0.1, -0.05) is 23.2 Å². The maximum Gasteiger partial charge on any atom is 0.337 e. The Labute approximate surface area is 131 Å². The predicted octanol–water partition coefficient (Wildman–Crippen LogP) is 4.25. The van der Waals surface area contributed by atoms with Crippen molar-refractivity contribution >= 4 is 40.8 Å². The smallest absolute Gasteiger partial charge is 0.337 e. The number of carbonyl (C=O) groups excluding carboxylic acids is 1. The van der Waals surface area contributed by atoms with Crippen molar-refractivity contribution in [1.82, 2.24) is 0 Å². The van der Waals surface area contributed by atoms with Crippen LogP contribution in [0, 0.1) is 6.92 Å². The topological polar surface area (TPSA) is 66.4 Å². The van der Waals surface area contributed by atoms with Crippen molar-refractivity contribution in [3.63, 3.8) is 0 Å². The molecule has 0 atom stereocenters. The third kappa shape index (κ3) is 3.54. The number of amides is 1. The fourth-order valence-corrected chi connectivity index (χ4v) is 2.27. The average Bonchev–Trinajstić information content (AvgIpc) is 2.40. The highest BCUT2D eigenvalue weighted by Crippen LogP contribution is 2.22. The van der Waals surface area contributed by atoms with Gasteiger partial charge in [-0.2, -0.15) is 0 Å². The van der Waals surface area contributed by atoms with Crippen molar-refractivity contribution in [3.05, 3.63) is 63.1 Å². The lowest BCUT2D eigenvalue weighted by atomic mass is 10.1. The highest BCUT2D eigenvalue weighted by atomic mass is 35.5. The molecule has 2 aromatic carbocycles. The number of halogens is 2. The monoisotopic (exact) mass is 323 g/mol. The van der Waals surface area contributed by atoms with Crippen LogP contribution in [0.2, 0.25) is 10.0 Å². The SMILES string of the molecule is Cc1cc(Cl)ccc1C(=O)Nc1ccc(Cl)cc1C(=O)O. The van der Waals surface area contributed by atoms with E-state index in [2.05, 4.69) is 5.32 Å². The molecule has 0 spiro atoms. The first-order valence-electron chi connectivity index (χ1n) is 5.99. The van der Waals surface area contributed by atoms with Crippen LogP contribution in [0.4, 0.5) is 5.69 Å². The Bertz CT molecular complexity index is 729. The number of carbonyl (C=O) groups is 2. The number of hydrogen-bond acceptors (Lipinski definition) is 2. The molecule has 0 aliphatic carbocycles. The second kappa shape index (κ2) is 6.16. The fourth-order valence-electron chi connectivity index (χ4n) is 1.87. The van der Waals surface area contributed by atoms with E-state index < -0.39 is 11.9 Å². The Morgan fingerprint density at radius 3 is 2.24 bits per heavy atom. The summed E-state index contributed by atoms with van der Waals surface area (Å²) in [6.45, 7) is 1.75. The molecular weight excluding hydrogens is 313 g/mol. The summed E-state index contributed by atoms with van der Waals surface area (Å²) >= 11 is 11.6. The first-order valence-corrected chi connectivity index (χ1v) is 6.74. The molecule has 2 rings (SSSR count). The number of aryl methyl sites for hydroxylation is 1. The van der Waals surface area contributed by atoms with E-state index in [0.717, 1.165) is 0 Å². The Hall–Kier alpha value is -2.04. The summed E-state index contributed by atoms with van der Waals surface area (Å²) in [5.41, 5.74) is 1.24. The largest absolute Gasteiger partial charge is 0.478 e. The van der Waals surface area contributed by atoms with Gasteiger partial charge in [-0.3, -0.25) is 4.79 Å². The first kappa shape index (κ1) is 15.4. The Morgan fingerprint density at radius 1 is 1.00 bits per heavy atom. The van der Waals surface area contributed by atoms with Crippen molar-refractivity contribution in [3.8, 4) is 0 Å². The summed E-state index contributed by atoms with van der Waals surface area (Å²) in [6.07, 6.45) is 0. The average molecular weight is 324 g/mol. The maximum absolute atomic E-state index is 12.2. The first-order chi connectivity index (χ1) is 9.88. The third-order valence-electron chi connectivity index (χ3n) is 2.89. The molecule has 1 amide bonds. The zero-order valence-corrected chi connectivity index (χ0v) is 12.5. The lowest BCUT2D eigenvalue weighted by Crippen LogP contribution is -2.15. The van der Waals surface area contributed by atoms with Crippen LogP contribution in [0.3, 0.4) is 0 Å². The lowest BCUT2D eigenvalue weighted by Gasteiger charge is -2.10. The van der Waals surface area contributed by atoms with Crippen LogP contribution >= 0.6 is 23.2 Å². The van der Waals surface area contributed by atoms with Crippen LogP contribution in [0.25, 0.3) is 0 Å². The number of nitrogens with one attached hydrogen (secondary N) is 1. The minimum atomic E-state index is -1.17. The maximum atomic E-state index is 12.2. The number of hydrogen-bond donors (Lipinski definition) is 2. The van der Waals surface area contributed by atoms with Gasteiger partial charge in [-0.25, -0.2) is 4.79 Å². The molecule has 21 heavy (non-hydrogen) atoms. The lowest BCUT2D eigenvalue weighted by molar-refractivity contribution is 0.0698. The molecule has 6 heteroatoms. The summed E-state index contributed by atoms with van der Waals surface area (Å²) in [6, 6.07) is 9.10. The molecule has 0 fully saturated rings. The molecule has 2 aromatic rings. The molecule has 0 aliphatic heterocycles. The van der Waals surface area contributed by atoms with E-state index in [1.807, 2.05) is 0 Å². The van der Waals surface area contributed by atoms with Crippen LogP contribution in [0.15, 0.2) is 36.4 Å². The van der Waals surface area contributed by atoms with Crippen molar-refractivity contribution in [2.45, 2.75) is 6.92 Å². The van der Waals surface area contributed by atoms with E-state index in [-0.39, 0.29) is 16.3 Å². The highest BCUT2D eigenvalue weighted by molar-refractivity contribution is 6.31. The van der Waals surface area contributed by atoms with Gasteiger partial charge in [0.2, 0.25) is 0 Å². The molecule has 2 N–H and O–H groups in total. The molecule has 0 aromatic heterocycles. The number of rotatable bonds is 3. The van der Waals surface area contributed by atoms with E-state index in [1.165, 1.54) is 18.2 Å². The standard InChI is InChI=1S/C15H11Cl2NO3/c1-8-6-9(16)2-4-11(8)14(19)18-13-5-3-10(17)7-12(13)15(20)21/h2-7H,1H3,(H,18,19)(H,20,21). The molecular formula is C15H11Cl2NO3. The predicted molar refractivity (Wildman–Crippen MR) is 82.6 cm³/mol. The van der Waals surface area contributed by atoms with Crippen molar-refractivity contribution in [1.29, 1.82) is 0 Å². The van der Waals surface area contributed by atoms with Gasteiger partial charge in [0.05, 0.1) is 11.3 Å². The summed E-state index contributed by atoms with van der Waals surface area (Å²) < 4.78 is 0. The zero-order valence-electron chi connectivity index (χ0n) is 11.0. The Morgan fingerprint density at radius 2 is 1.62 bits per heavy atom. The molecule has 0 unspecified atom stereocenters. The summed E-state index contributed by atoms with van der Waals surface area (Å²) in [5, 5.41) is 12.5. The molecule has 0 aliphatic rings. The van der Waals surface area contributed by atoms with Gasteiger partial charge in [0.15, 0.2) is 0 Å². The number of benzene rings is 2. The minimum absolute atomic E-state index is 0.0672. The van der Waals surface area contributed by atoms with Gasteiger partial charge in [0.1, 0.15) is 0 Å². The van der Waals surface area contributed by atoms with E-state index in [0.29, 0.717) is 16.1 Å². The molecule has 0 saturated carbocycles. The number of anilines is 1. The Kier molecular flexibility index (Phi) is 4.50. The second-order valence-corrected chi connectivity index (χ2v) is 5.28. The molecule has 0 saturated heterocycles. The van der Waals surface area contributed by atoms with E-state index in [9.17, 15) is 9.59 Å². The minimum Gasteiger partial charge on any atom is -0.478 e. The van der Waals surface area contributed by atoms with E-state index in [4.69, 9.17) is 28.3 Å². The molecule has 0 heterocycles. The summed E-state index contributed by atoms with van der Waals surface area (Å²) in [4.78, 5) is 23.4. The molecule has 0 bridgehead atoms. The van der Waals surface area contributed by atoms with Gasteiger partial charge >= 0.3 is 5.97 Å². The van der Waals surface area contributed by atoms with Crippen molar-refractivity contribution in [2.24, 2.45) is 0 Å². The van der Waals surface area contributed by atoms with Gasteiger partial charge in [-0.15, -0.1) is 0 Å². The van der Waals surface area contributed by atoms with Crippen LogP contribution in [0.1, 0.15) is 26.3 Å². The second-order valence-electron chi connectivity index (χ2n) is 4.41. The summed E-state index contributed by atoms with van der Waals surface area (Å²) in [7, 11) is 0. The van der Waals surface area contributed by atoms with E-state index in [1.54, 1.807) is 25.1 Å². The highest BCUT2D eigenvalue weighted by Gasteiger charge is 2.15. The van der Waals surface area contributed by atoms with Gasteiger partial charge in [-0.05, 0) is 48.9 Å². The summed E-state index contributed by atoms with van der Waals surface area (Å²) in [5.74, 6) is -1.57. The van der Waals surface area contributed by atoms with Crippen LogP contribution < -0.4 is 5.32 Å². The number of carboxylic acid groups (broad SMARTS) is 1. The van der Waals surface area contributed by atoms with Crippen LogP contribution in [-0.2, 0) is 0 Å². The number of aromatic carboxylic acids is 1. The van der Waals surface area contributed by atoms with E-state index >= 15 is 0 Å². The normalized spacial score (nSPS) is 10.2. The van der Waals surface area contributed by atoms with Gasteiger partial charge in [0.25, 0.3) is 5.91 Å². The van der Waals surface area contributed by atoms with Gasteiger partial charge < -0.3 is 10.4 Å². The van der Waals surface area contributed by atoms with Crippen LogP contribution in [-0.4, -0.2) is 17.0 Å². The van der Waals surface area contributed by atoms with Crippen molar-refractivity contribution in [2.75, 3.05) is 5.32 Å². The quantitative estimate of drug-likeness (QED) is 0.887. The number of carboxylic acids is 1. The Balaban J connectivity index is 2.34. The molecule has 4 nitrogen and oxygen atoms in total. The van der Waals surface area contributed by atoms with Gasteiger partial charge in [0, 0.05) is 15.6 Å². The molecule has 108 valence electrons.